The molecule has 1 aromatic rings. The maximum Gasteiger partial charge on any atom is 0.415 e. The average Bonchev–Trinajstić information content (AvgIpc) is 2.23. The van der Waals surface area contributed by atoms with Gasteiger partial charge in [-0.25, -0.2) is 9.78 Å². The van der Waals surface area contributed by atoms with Crippen molar-refractivity contribution in [3.8, 4) is 5.75 Å². The summed E-state index contributed by atoms with van der Waals surface area (Å²) >= 11 is 3.21. The quantitative estimate of drug-likeness (QED) is 0.795. The molecule has 0 unspecified atom stereocenters. The highest BCUT2D eigenvalue weighted by molar-refractivity contribution is 9.10. The summed E-state index contributed by atoms with van der Waals surface area (Å²) in [5, 5.41) is 0. The standard InChI is InChI=1S/C10H13BrN2O2/c1-3-13(4-2)10(14)15-8-6-5-7-12-9(8)11/h5-7H,3-4H2,1-2H3. The summed E-state index contributed by atoms with van der Waals surface area (Å²) < 4.78 is 5.70. The second-order valence-corrected chi connectivity index (χ2v) is 3.58. The second-order valence-electron chi connectivity index (χ2n) is 2.83. The van der Waals surface area contributed by atoms with Crippen LogP contribution in [0.5, 0.6) is 5.75 Å². The molecule has 0 atom stereocenters. The van der Waals surface area contributed by atoms with Crippen molar-refractivity contribution in [2.45, 2.75) is 13.8 Å². The Balaban J connectivity index is 2.70. The number of ether oxygens (including phenoxy) is 1. The largest absolute Gasteiger partial charge is 0.415 e. The Morgan fingerprint density at radius 1 is 1.53 bits per heavy atom. The zero-order valence-corrected chi connectivity index (χ0v) is 10.3. The first kappa shape index (κ1) is 12.0. The van der Waals surface area contributed by atoms with Gasteiger partial charge in [0, 0.05) is 19.3 Å². The first-order valence-electron chi connectivity index (χ1n) is 4.76. The van der Waals surface area contributed by atoms with Crippen LogP contribution in [0.3, 0.4) is 0 Å². The molecule has 4 nitrogen and oxygen atoms in total. The first-order valence-corrected chi connectivity index (χ1v) is 5.55. The van der Waals surface area contributed by atoms with Gasteiger partial charge in [0.15, 0.2) is 5.75 Å². The third kappa shape index (κ3) is 3.20. The van der Waals surface area contributed by atoms with E-state index in [4.69, 9.17) is 4.74 Å². The molecule has 5 heteroatoms. The van der Waals surface area contributed by atoms with E-state index in [2.05, 4.69) is 20.9 Å². The molecule has 0 aliphatic rings. The van der Waals surface area contributed by atoms with Gasteiger partial charge in [0.25, 0.3) is 0 Å². The van der Waals surface area contributed by atoms with E-state index < -0.39 is 0 Å². The summed E-state index contributed by atoms with van der Waals surface area (Å²) in [5.41, 5.74) is 0. The first-order chi connectivity index (χ1) is 7.19. The van der Waals surface area contributed by atoms with Gasteiger partial charge in [0.1, 0.15) is 4.60 Å². The van der Waals surface area contributed by atoms with Gasteiger partial charge in [0.2, 0.25) is 0 Å². The number of pyridine rings is 1. The molecule has 0 aliphatic heterocycles. The highest BCUT2D eigenvalue weighted by atomic mass is 79.9. The van der Waals surface area contributed by atoms with E-state index in [-0.39, 0.29) is 6.09 Å². The third-order valence-electron chi connectivity index (χ3n) is 1.94. The van der Waals surface area contributed by atoms with Crippen molar-refractivity contribution >= 4 is 22.0 Å². The predicted octanol–water partition coefficient (Wildman–Crippen LogP) is 2.68. The van der Waals surface area contributed by atoms with Crippen molar-refractivity contribution in [3.63, 3.8) is 0 Å². The number of nitrogens with zero attached hydrogens (tertiary/aromatic N) is 2. The molecular weight excluding hydrogens is 260 g/mol. The molecule has 1 heterocycles. The topological polar surface area (TPSA) is 42.4 Å². The number of rotatable bonds is 3. The highest BCUT2D eigenvalue weighted by Gasteiger charge is 2.13. The zero-order valence-electron chi connectivity index (χ0n) is 8.74. The van der Waals surface area contributed by atoms with E-state index in [0.29, 0.717) is 23.4 Å². The molecule has 1 aromatic heterocycles. The molecule has 0 saturated heterocycles. The van der Waals surface area contributed by atoms with Crippen LogP contribution in [0.4, 0.5) is 4.79 Å². The van der Waals surface area contributed by atoms with Gasteiger partial charge < -0.3 is 9.64 Å². The minimum absolute atomic E-state index is 0.353. The fraction of sp³-hybridized carbons (Fsp3) is 0.400. The van der Waals surface area contributed by atoms with E-state index in [0.717, 1.165) is 0 Å². The van der Waals surface area contributed by atoms with E-state index in [1.165, 1.54) is 0 Å². The second kappa shape index (κ2) is 5.70. The van der Waals surface area contributed by atoms with Gasteiger partial charge in [-0.3, -0.25) is 0 Å². The molecule has 0 radical (unpaired) electrons. The summed E-state index contributed by atoms with van der Waals surface area (Å²) in [7, 11) is 0. The number of aromatic nitrogens is 1. The molecule has 15 heavy (non-hydrogen) atoms. The maximum absolute atomic E-state index is 11.6. The lowest BCUT2D eigenvalue weighted by atomic mass is 10.5. The number of hydrogen-bond donors (Lipinski definition) is 0. The van der Waals surface area contributed by atoms with Crippen LogP contribution in [0.1, 0.15) is 13.8 Å². The summed E-state index contributed by atoms with van der Waals surface area (Å²) in [6.07, 6.45) is 1.27. The van der Waals surface area contributed by atoms with Crippen LogP contribution in [-0.2, 0) is 0 Å². The molecule has 0 aliphatic carbocycles. The number of amides is 1. The van der Waals surface area contributed by atoms with E-state index in [9.17, 15) is 4.79 Å². The minimum Gasteiger partial charge on any atom is -0.407 e. The fourth-order valence-corrected chi connectivity index (χ4v) is 1.42. The minimum atomic E-state index is -0.353. The van der Waals surface area contributed by atoms with Crippen LogP contribution in [0.25, 0.3) is 0 Å². The van der Waals surface area contributed by atoms with Crippen LogP contribution in [-0.4, -0.2) is 29.1 Å². The fourth-order valence-electron chi connectivity index (χ4n) is 1.09. The molecule has 1 amide bonds. The summed E-state index contributed by atoms with van der Waals surface area (Å²) in [6, 6.07) is 3.41. The molecular formula is C10H13BrN2O2. The van der Waals surface area contributed by atoms with E-state index in [1.54, 1.807) is 23.2 Å². The summed E-state index contributed by atoms with van der Waals surface area (Å²) in [4.78, 5) is 17.1. The molecule has 1 rings (SSSR count). The molecule has 0 saturated carbocycles. The zero-order chi connectivity index (χ0) is 11.3. The van der Waals surface area contributed by atoms with Crippen LogP contribution < -0.4 is 4.74 Å². The average molecular weight is 273 g/mol. The summed E-state index contributed by atoms with van der Waals surface area (Å²) in [6.45, 7) is 5.08. The number of carbonyl (C=O) groups excluding carboxylic acids is 1. The third-order valence-corrected chi connectivity index (χ3v) is 2.54. The van der Waals surface area contributed by atoms with Crippen molar-refractivity contribution < 1.29 is 9.53 Å². The molecule has 82 valence electrons. The van der Waals surface area contributed by atoms with Crippen molar-refractivity contribution in [2.75, 3.05) is 13.1 Å². The van der Waals surface area contributed by atoms with Crippen LogP contribution in [0, 0.1) is 0 Å². The van der Waals surface area contributed by atoms with Gasteiger partial charge in [0.05, 0.1) is 0 Å². The summed E-state index contributed by atoms with van der Waals surface area (Å²) in [5.74, 6) is 0.439. The Hall–Kier alpha value is -1.10. The molecule has 0 aromatic carbocycles. The van der Waals surface area contributed by atoms with E-state index >= 15 is 0 Å². The lowest BCUT2D eigenvalue weighted by molar-refractivity contribution is 0.157. The molecule has 0 bridgehead atoms. The van der Waals surface area contributed by atoms with Gasteiger partial charge in [-0.05, 0) is 41.9 Å². The molecule has 0 spiro atoms. The van der Waals surface area contributed by atoms with Crippen LogP contribution in [0.2, 0.25) is 0 Å². The Bertz CT molecular complexity index is 340. The molecule has 0 N–H and O–H groups in total. The van der Waals surface area contributed by atoms with Crippen molar-refractivity contribution in [1.29, 1.82) is 0 Å². The maximum atomic E-state index is 11.6. The van der Waals surface area contributed by atoms with Crippen molar-refractivity contribution in [1.82, 2.24) is 9.88 Å². The van der Waals surface area contributed by atoms with Gasteiger partial charge in [-0.1, -0.05) is 0 Å². The highest BCUT2D eigenvalue weighted by Crippen LogP contribution is 2.21. The van der Waals surface area contributed by atoms with Gasteiger partial charge in [-0.2, -0.15) is 0 Å². The monoisotopic (exact) mass is 272 g/mol. The Morgan fingerprint density at radius 3 is 2.73 bits per heavy atom. The lowest BCUT2D eigenvalue weighted by Gasteiger charge is -2.17. The lowest BCUT2D eigenvalue weighted by Crippen LogP contribution is -2.33. The van der Waals surface area contributed by atoms with Crippen molar-refractivity contribution in [3.05, 3.63) is 22.9 Å². The smallest absolute Gasteiger partial charge is 0.407 e. The Labute approximate surface area is 97.4 Å². The number of hydrogen-bond acceptors (Lipinski definition) is 3. The van der Waals surface area contributed by atoms with Crippen LogP contribution in [0.15, 0.2) is 22.9 Å². The van der Waals surface area contributed by atoms with Crippen LogP contribution >= 0.6 is 15.9 Å². The predicted molar refractivity (Wildman–Crippen MR) is 60.9 cm³/mol. The van der Waals surface area contributed by atoms with Gasteiger partial charge >= 0.3 is 6.09 Å². The SMILES string of the molecule is CCN(CC)C(=O)Oc1cccnc1Br. The van der Waals surface area contributed by atoms with Gasteiger partial charge in [-0.15, -0.1) is 0 Å². The molecule has 0 fully saturated rings. The number of halogens is 1. The Kier molecular flexibility index (Phi) is 4.55. The normalized spacial score (nSPS) is 9.80. The Morgan fingerprint density at radius 2 is 2.20 bits per heavy atom. The van der Waals surface area contributed by atoms with E-state index in [1.807, 2.05) is 13.8 Å². The number of carbonyl (C=O) groups is 1. The van der Waals surface area contributed by atoms with Crippen molar-refractivity contribution in [2.24, 2.45) is 0 Å².